The number of hydrogen-bond donors (Lipinski definition) is 4. The Bertz CT molecular complexity index is 879. The minimum Gasteiger partial charge on any atom is -0.354 e. The first-order valence-electron chi connectivity index (χ1n) is 10.0. The molecular formula is C19H30N4O8S. The summed E-state index contributed by atoms with van der Waals surface area (Å²) >= 11 is 0. The summed E-state index contributed by atoms with van der Waals surface area (Å²) in [6.45, 7) is 7.89. The molecule has 0 radical (unpaired) electrons. The zero-order valence-electron chi connectivity index (χ0n) is 18.6. The third-order valence-electron chi connectivity index (χ3n) is 4.58. The van der Waals surface area contributed by atoms with Crippen molar-refractivity contribution >= 4 is 39.7 Å². The second-order valence-electron chi connectivity index (χ2n) is 8.22. The zero-order valence-corrected chi connectivity index (χ0v) is 19.4. The van der Waals surface area contributed by atoms with E-state index in [0.29, 0.717) is 11.4 Å². The van der Waals surface area contributed by atoms with Crippen molar-refractivity contribution in [3.8, 4) is 0 Å². The fraction of sp³-hybridized carbons (Fsp3) is 0.632. The molecule has 3 atom stereocenters. The van der Waals surface area contributed by atoms with Crippen LogP contribution in [0.15, 0.2) is 12.2 Å². The van der Waals surface area contributed by atoms with E-state index in [1.54, 1.807) is 13.8 Å². The molecule has 0 saturated heterocycles. The van der Waals surface area contributed by atoms with Crippen LogP contribution in [0.25, 0.3) is 0 Å². The summed E-state index contributed by atoms with van der Waals surface area (Å²) in [5.74, 6) is -4.45. The molecule has 180 valence electrons. The molecule has 0 bridgehead atoms. The van der Waals surface area contributed by atoms with Gasteiger partial charge in [0.2, 0.25) is 17.7 Å². The Balaban J connectivity index is 2.92. The molecule has 1 rings (SSSR count). The number of imide groups is 1. The smallest absolute Gasteiger partial charge is 0.278 e. The maximum Gasteiger partial charge on any atom is 0.278 e. The second-order valence-corrected chi connectivity index (χ2v) is 9.82. The van der Waals surface area contributed by atoms with E-state index in [9.17, 15) is 36.9 Å². The molecule has 0 saturated carbocycles. The van der Waals surface area contributed by atoms with Crippen molar-refractivity contribution in [2.24, 2.45) is 11.8 Å². The highest BCUT2D eigenvalue weighted by atomic mass is 32.2. The van der Waals surface area contributed by atoms with Crippen LogP contribution in [0, 0.1) is 11.8 Å². The van der Waals surface area contributed by atoms with Gasteiger partial charge in [-0.3, -0.25) is 33.4 Å². The van der Waals surface area contributed by atoms with Gasteiger partial charge in [-0.1, -0.05) is 27.7 Å². The van der Waals surface area contributed by atoms with Crippen LogP contribution >= 0.6 is 0 Å². The van der Waals surface area contributed by atoms with Gasteiger partial charge < -0.3 is 16.0 Å². The average molecular weight is 475 g/mol. The van der Waals surface area contributed by atoms with Gasteiger partial charge in [0.05, 0.1) is 6.54 Å². The predicted octanol–water partition coefficient (Wildman–Crippen LogP) is -1.41. The maximum absolute atomic E-state index is 12.6. The van der Waals surface area contributed by atoms with Crippen LogP contribution in [0.2, 0.25) is 0 Å². The summed E-state index contributed by atoms with van der Waals surface area (Å²) in [4.78, 5) is 61.3. The summed E-state index contributed by atoms with van der Waals surface area (Å²) < 4.78 is 33.0. The van der Waals surface area contributed by atoms with E-state index < -0.39 is 69.5 Å². The van der Waals surface area contributed by atoms with Crippen LogP contribution < -0.4 is 16.0 Å². The lowest BCUT2D eigenvalue weighted by atomic mass is 10.0. The van der Waals surface area contributed by atoms with E-state index in [1.165, 1.54) is 6.92 Å². The van der Waals surface area contributed by atoms with Gasteiger partial charge in [0.1, 0.15) is 12.1 Å². The normalized spacial score (nSPS) is 16.8. The molecular weight excluding hydrogens is 444 g/mol. The van der Waals surface area contributed by atoms with Crippen LogP contribution in [0.4, 0.5) is 0 Å². The van der Waals surface area contributed by atoms with Gasteiger partial charge in [0.25, 0.3) is 21.9 Å². The van der Waals surface area contributed by atoms with E-state index in [1.807, 2.05) is 13.8 Å². The average Bonchev–Trinajstić information content (AvgIpc) is 2.98. The molecule has 0 aromatic rings. The Labute approximate surface area is 186 Å². The summed E-state index contributed by atoms with van der Waals surface area (Å²) in [5.41, 5.74) is 0. The fourth-order valence-electron chi connectivity index (χ4n) is 2.70. The minimum absolute atomic E-state index is 0.200. The van der Waals surface area contributed by atoms with Gasteiger partial charge in [-0.2, -0.15) is 8.42 Å². The number of amides is 5. The molecule has 5 amide bonds. The molecule has 12 nitrogen and oxygen atoms in total. The van der Waals surface area contributed by atoms with Crippen molar-refractivity contribution in [2.75, 3.05) is 13.1 Å². The van der Waals surface area contributed by atoms with Crippen LogP contribution in [0.5, 0.6) is 0 Å². The minimum atomic E-state index is -5.03. The van der Waals surface area contributed by atoms with Crippen LogP contribution in [0.3, 0.4) is 0 Å². The molecule has 0 aromatic heterocycles. The van der Waals surface area contributed by atoms with Gasteiger partial charge in [-0.25, -0.2) is 0 Å². The van der Waals surface area contributed by atoms with Gasteiger partial charge in [-0.15, -0.1) is 0 Å². The van der Waals surface area contributed by atoms with E-state index in [0.717, 1.165) is 12.2 Å². The van der Waals surface area contributed by atoms with E-state index in [4.69, 9.17) is 0 Å². The Morgan fingerprint density at radius 2 is 1.47 bits per heavy atom. The molecule has 4 N–H and O–H groups in total. The van der Waals surface area contributed by atoms with E-state index in [-0.39, 0.29) is 5.92 Å². The van der Waals surface area contributed by atoms with Crippen LogP contribution in [0.1, 0.15) is 34.6 Å². The van der Waals surface area contributed by atoms with Crippen molar-refractivity contribution < 1.29 is 36.9 Å². The third kappa shape index (κ3) is 7.71. The number of nitrogens with zero attached hydrogens (tertiary/aromatic N) is 1. The highest BCUT2D eigenvalue weighted by molar-refractivity contribution is 7.87. The Hall–Kier alpha value is -2.80. The Morgan fingerprint density at radius 1 is 0.938 bits per heavy atom. The zero-order chi connectivity index (χ0) is 24.8. The van der Waals surface area contributed by atoms with Crippen LogP contribution in [-0.4, -0.2) is 77.8 Å². The fourth-order valence-corrected chi connectivity index (χ4v) is 3.37. The lowest BCUT2D eigenvalue weighted by Gasteiger charge is -2.26. The highest BCUT2D eigenvalue weighted by Gasteiger charge is 2.39. The first-order valence-corrected chi connectivity index (χ1v) is 11.5. The van der Waals surface area contributed by atoms with Gasteiger partial charge in [0, 0.05) is 18.7 Å². The third-order valence-corrected chi connectivity index (χ3v) is 5.67. The molecule has 0 aliphatic carbocycles. The second kappa shape index (κ2) is 11.2. The van der Waals surface area contributed by atoms with Crippen LogP contribution in [-0.2, 0) is 34.1 Å². The molecule has 1 aliphatic rings. The van der Waals surface area contributed by atoms with E-state index in [2.05, 4.69) is 16.0 Å². The summed E-state index contributed by atoms with van der Waals surface area (Å²) in [6, 6.07) is -2.18. The predicted molar refractivity (Wildman–Crippen MR) is 113 cm³/mol. The van der Waals surface area contributed by atoms with Crippen molar-refractivity contribution in [1.82, 2.24) is 20.9 Å². The molecule has 0 aromatic carbocycles. The van der Waals surface area contributed by atoms with Gasteiger partial charge >= 0.3 is 0 Å². The molecule has 1 unspecified atom stereocenters. The van der Waals surface area contributed by atoms with Crippen molar-refractivity contribution in [2.45, 2.75) is 52.0 Å². The quantitative estimate of drug-likeness (QED) is 0.208. The molecule has 0 fully saturated rings. The summed E-state index contributed by atoms with van der Waals surface area (Å²) in [6.07, 6.45) is 1.80. The van der Waals surface area contributed by atoms with Gasteiger partial charge in [0.15, 0.2) is 5.25 Å². The van der Waals surface area contributed by atoms with Crippen molar-refractivity contribution in [1.29, 1.82) is 0 Å². The first kappa shape index (κ1) is 27.2. The monoisotopic (exact) mass is 474 g/mol. The highest BCUT2D eigenvalue weighted by Crippen LogP contribution is 2.11. The molecule has 0 spiro atoms. The Morgan fingerprint density at radius 3 is 1.91 bits per heavy atom. The summed E-state index contributed by atoms with van der Waals surface area (Å²) in [7, 11) is -5.03. The SMILES string of the molecule is CC(C)CNC(=O)[C@H](C)NC(=O)[C@@H](NC(=O)C(CN1C(=O)C=CC1=O)S(=O)(=O)O)C(C)C. The molecule has 1 aliphatic heterocycles. The van der Waals surface area contributed by atoms with E-state index >= 15 is 0 Å². The first-order chi connectivity index (χ1) is 14.6. The maximum atomic E-state index is 12.6. The Kier molecular flexibility index (Phi) is 9.51. The van der Waals surface area contributed by atoms with Crippen molar-refractivity contribution in [3.05, 3.63) is 12.2 Å². The molecule has 32 heavy (non-hydrogen) atoms. The lowest BCUT2D eigenvalue weighted by molar-refractivity contribution is -0.137. The largest absolute Gasteiger partial charge is 0.354 e. The lowest BCUT2D eigenvalue weighted by Crippen LogP contribution is -2.58. The number of rotatable bonds is 11. The summed E-state index contributed by atoms with van der Waals surface area (Å²) in [5, 5.41) is 5.13. The number of hydrogen-bond acceptors (Lipinski definition) is 7. The van der Waals surface area contributed by atoms with Gasteiger partial charge in [-0.05, 0) is 18.8 Å². The molecule has 13 heteroatoms. The standard InChI is InChI=1S/C19H30N4O8S/c1-10(2)8-20-17(26)12(5)21-19(28)16(11(3)4)22-18(27)13(32(29,30)31)9-23-14(24)6-7-15(23)25/h6-7,10-13,16H,8-9H2,1-5H3,(H,20,26)(H,21,28)(H,22,27)(H,29,30,31)/t12-,13?,16-/m0/s1. The molecule has 1 heterocycles. The number of nitrogens with one attached hydrogen (secondary N) is 3. The topological polar surface area (TPSA) is 179 Å². The number of carbonyl (C=O) groups excluding carboxylic acids is 5. The number of carbonyl (C=O) groups is 5. The van der Waals surface area contributed by atoms with Crippen molar-refractivity contribution in [3.63, 3.8) is 0 Å².